The standard InChI is InChI=1S/C51H64/c1-22-24(3)32(11)44(33(12)25(22)4)48-38(17)28(7)36(15)46-42(30(9)40(19)50(46)48)21-43-31(10)41(20)51-47(43)37(16)29(8)39(18)49(51)45-34(13)26(5)23(2)27(6)35(45)14/h28,39H,21H2,1-20H3. The zero-order valence-corrected chi connectivity index (χ0v) is 35.9. The van der Waals surface area contributed by atoms with Crippen LogP contribution >= 0.6 is 0 Å². The molecule has 268 valence electrons. The van der Waals surface area contributed by atoms with E-state index in [2.05, 4.69) is 138 Å². The van der Waals surface area contributed by atoms with Crippen molar-refractivity contribution >= 4 is 11.1 Å². The van der Waals surface area contributed by atoms with Crippen molar-refractivity contribution in [3.8, 4) is 0 Å². The Balaban J connectivity index is 1.59. The van der Waals surface area contributed by atoms with Crippen LogP contribution in [0.3, 0.4) is 0 Å². The first-order chi connectivity index (χ1) is 23.7. The van der Waals surface area contributed by atoms with Gasteiger partial charge in [-0.25, -0.2) is 0 Å². The molecule has 2 atom stereocenters. The Morgan fingerprint density at radius 1 is 0.294 bits per heavy atom. The lowest BCUT2D eigenvalue weighted by atomic mass is 9.70. The molecule has 0 radical (unpaired) electrons. The Kier molecular flexibility index (Phi) is 9.10. The van der Waals surface area contributed by atoms with E-state index in [-0.39, 0.29) is 0 Å². The van der Waals surface area contributed by atoms with E-state index in [1.807, 2.05) is 0 Å². The van der Waals surface area contributed by atoms with Crippen LogP contribution < -0.4 is 0 Å². The normalized spacial score (nSPS) is 21.2. The molecule has 0 nitrogen and oxygen atoms in total. The molecule has 51 heavy (non-hydrogen) atoms. The van der Waals surface area contributed by atoms with Crippen LogP contribution in [0.15, 0.2) is 78.0 Å². The molecule has 0 saturated heterocycles. The molecule has 2 unspecified atom stereocenters. The van der Waals surface area contributed by atoms with Crippen LogP contribution in [0.4, 0.5) is 0 Å². The van der Waals surface area contributed by atoms with E-state index in [4.69, 9.17) is 0 Å². The average Bonchev–Trinajstić information content (AvgIpc) is 3.49. The van der Waals surface area contributed by atoms with Crippen LogP contribution in [0.1, 0.15) is 142 Å². The van der Waals surface area contributed by atoms with Gasteiger partial charge in [-0.3, -0.25) is 0 Å². The minimum atomic E-state index is 0.375. The van der Waals surface area contributed by atoms with Crippen molar-refractivity contribution in [1.82, 2.24) is 0 Å². The Hall–Kier alpha value is -3.64. The maximum absolute atomic E-state index is 2.46. The molecule has 0 heterocycles. The summed E-state index contributed by atoms with van der Waals surface area (Å²) in [4.78, 5) is 0. The molecule has 6 rings (SSSR count). The Morgan fingerprint density at radius 2 is 0.725 bits per heavy atom. The first-order valence-electron chi connectivity index (χ1n) is 19.5. The van der Waals surface area contributed by atoms with Gasteiger partial charge in [0, 0.05) is 5.92 Å². The summed E-state index contributed by atoms with van der Waals surface area (Å²) < 4.78 is 0. The molecular weight excluding hydrogens is 613 g/mol. The highest BCUT2D eigenvalue weighted by Gasteiger charge is 2.40. The van der Waals surface area contributed by atoms with E-state index in [0.717, 1.165) is 6.42 Å². The van der Waals surface area contributed by atoms with Crippen molar-refractivity contribution in [3.63, 3.8) is 0 Å². The maximum atomic E-state index is 2.46. The van der Waals surface area contributed by atoms with Gasteiger partial charge < -0.3 is 0 Å². The molecule has 0 bridgehead atoms. The molecule has 0 N–H and O–H groups in total. The number of rotatable bonds is 4. The third kappa shape index (κ3) is 4.91. The third-order valence-corrected chi connectivity index (χ3v) is 15.4. The zero-order chi connectivity index (χ0) is 38.0. The summed E-state index contributed by atoms with van der Waals surface area (Å²) in [5, 5.41) is 0. The fraction of sp³-hybridized carbons (Fsp3) is 0.451. The van der Waals surface area contributed by atoms with Gasteiger partial charge in [0.2, 0.25) is 0 Å². The summed E-state index contributed by atoms with van der Waals surface area (Å²) >= 11 is 0. The van der Waals surface area contributed by atoms with E-state index in [1.54, 1.807) is 11.1 Å². The van der Waals surface area contributed by atoms with Crippen molar-refractivity contribution in [2.24, 2.45) is 11.8 Å². The molecule has 0 amide bonds. The highest BCUT2D eigenvalue weighted by Crippen LogP contribution is 2.58. The van der Waals surface area contributed by atoms with Crippen molar-refractivity contribution in [3.05, 3.63) is 145 Å². The fourth-order valence-corrected chi connectivity index (χ4v) is 10.3. The summed E-state index contributed by atoms with van der Waals surface area (Å²) in [6.07, 6.45) is 0.973. The number of benzene rings is 2. The van der Waals surface area contributed by atoms with Gasteiger partial charge in [-0.05, 0) is 276 Å². The summed E-state index contributed by atoms with van der Waals surface area (Å²) in [5.41, 5.74) is 41.5. The van der Waals surface area contributed by atoms with E-state index in [1.165, 1.54) is 145 Å². The largest absolute Gasteiger partial charge is 0.0625 e. The van der Waals surface area contributed by atoms with E-state index < -0.39 is 0 Å². The number of hydrogen-bond acceptors (Lipinski definition) is 0. The number of hydrogen-bond donors (Lipinski definition) is 0. The number of fused-ring (bicyclic) bond motifs is 2. The molecule has 0 aromatic heterocycles. The lowest BCUT2D eigenvalue weighted by Gasteiger charge is -2.34. The van der Waals surface area contributed by atoms with Crippen LogP contribution in [0, 0.1) is 81.1 Å². The Labute approximate surface area is 311 Å². The lowest BCUT2D eigenvalue weighted by Crippen LogP contribution is -2.17. The number of allylic oxidation sites excluding steroid dienone is 16. The second-order valence-corrected chi connectivity index (χ2v) is 17.0. The zero-order valence-electron chi connectivity index (χ0n) is 35.9. The van der Waals surface area contributed by atoms with Crippen molar-refractivity contribution < 1.29 is 0 Å². The van der Waals surface area contributed by atoms with Crippen molar-refractivity contribution in [2.45, 2.75) is 145 Å². The first-order valence-corrected chi connectivity index (χ1v) is 19.5. The fourth-order valence-electron chi connectivity index (χ4n) is 10.3. The topological polar surface area (TPSA) is 0 Å². The summed E-state index contributed by atoms with van der Waals surface area (Å²) in [5.74, 6) is 0.772. The van der Waals surface area contributed by atoms with Crippen molar-refractivity contribution in [2.75, 3.05) is 0 Å². The van der Waals surface area contributed by atoms with E-state index in [0.29, 0.717) is 11.8 Å². The van der Waals surface area contributed by atoms with Gasteiger partial charge in [0.15, 0.2) is 0 Å². The Bertz CT molecular complexity index is 2220. The minimum absolute atomic E-state index is 0.375. The molecule has 2 aromatic rings. The predicted molar refractivity (Wildman–Crippen MR) is 225 cm³/mol. The second-order valence-electron chi connectivity index (χ2n) is 17.0. The molecule has 2 aromatic carbocycles. The van der Waals surface area contributed by atoms with Crippen LogP contribution in [0.2, 0.25) is 0 Å². The van der Waals surface area contributed by atoms with Crippen LogP contribution in [-0.2, 0) is 0 Å². The lowest BCUT2D eigenvalue weighted by molar-refractivity contribution is 0.781. The van der Waals surface area contributed by atoms with E-state index in [9.17, 15) is 0 Å². The molecular formula is C51H64. The predicted octanol–water partition coefficient (Wildman–Crippen LogP) is 14.6. The van der Waals surface area contributed by atoms with Gasteiger partial charge in [0.05, 0.1) is 0 Å². The minimum Gasteiger partial charge on any atom is -0.0625 e. The summed E-state index contributed by atoms with van der Waals surface area (Å²) in [7, 11) is 0. The van der Waals surface area contributed by atoms with Gasteiger partial charge in [-0.1, -0.05) is 30.6 Å². The van der Waals surface area contributed by atoms with Crippen LogP contribution in [0.25, 0.3) is 11.1 Å². The quantitative estimate of drug-likeness (QED) is 0.302. The highest BCUT2D eigenvalue weighted by molar-refractivity contribution is 5.97. The first kappa shape index (κ1) is 37.1. The Morgan fingerprint density at radius 3 is 1.22 bits per heavy atom. The van der Waals surface area contributed by atoms with Gasteiger partial charge in [-0.15, -0.1) is 0 Å². The second kappa shape index (κ2) is 12.5. The third-order valence-electron chi connectivity index (χ3n) is 15.4. The molecule has 4 aliphatic rings. The molecule has 0 heteroatoms. The van der Waals surface area contributed by atoms with E-state index >= 15 is 0 Å². The van der Waals surface area contributed by atoms with Crippen LogP contribution in [0.5, 0.6) is 0 Å². The molecule has 4 aliphatic carbocycles. The van der Waals surface area contributed by atoms with Gasteiger partial charge in [0.1, 0.15) is 0 Å². The smallest absolute Gasteiger partial charge is 0.00353 e. The maximum Gasteiger partial charge on any atom is 0.00353 e. The molecule has 0 fully saturated rings. The van der Waals surface area contributed by atoms with Gasteiger partial charge in [0.25, 0.3) is 0 Å². The highest BCUT2D eigenvalue weighted by atomic mass is 14.4. The summed E-state index contributed by atoms with van der Waals surface area (Å²) in [6.45, 7) is 47.5. The average molecular weight is 677 g/mol. The van der Waals surface area contributed by atoms with Gasteiger partial charge in [-0.2, -0.15) is 0 Å². The van der Waals surface area contributed by atoms with Crippen molar-refractivity contribution in [1.29, 1.82) is 0 Å². The monoisotopic (exact) mass is 677 g/mol. The molecule has 0 aliphatic heterocycles. The van der Waals surface area contributed by atoms with Gasteiger partial charge >= 0.3 is 0 Å². The molecule has 0 saturated carbocycles. The van der Waals surface area contributed by atoms with Crippen LogP contribution in [-0.4, -0.2) is 0 Å². The summed E-state index contributed by atoms with van der Waals surface area (Å²) in [6, 6.07) is 0. The molecule has 0 spiro atoms. The SMILES string of the molecule is CC1=C(C)C2=C(c3c(C)c(C)c(C)c(C)c3C)C(C)C(C)=C(C)C2=C1CC1=C(C)C(C)=C2C1=C(C)C(C)C(C)=C2c1c(C)c(C)c(C)c(C)c1C.